The van der Waals surface area contributed by atoms with Gasteiger partial charge in [-0.2, -0.15) is 0 Å². The third-order valence-corrected chi connectivity index (χ3v) is 2.32. The number of hydrogen-bond acceptors (Lipinski definition) is 4. The van der Waals surface area contributed by atoms with Gasteiger partial charge in [-0.15, -0.1) is 11.8 Å². The van der Waals surface area contributed by atoms with Crippen LogP contribution in [0.5, 0.6) is 5.75 Å². The minimum Gasteiger partial charge on any atom is -0.507 e. The summed E-state index contributed by atoms with van der Waals surface area (Å²) in [5.41, 5.74) is 0.350. The van der Waals surface area contributed by atoms with Gasteiger partial charge in [0, 0.05) is 9.82 Å². The predicted octanol–water partition coefficient (Wildman–Crippen LogP) is 1.89. The van der Waals surface area contributed by atoms with Crippen molar-refractivity contribution in [3.05, 3.63) is 33.9 Å². The molecular formula is C8H9NO3S. The molecule has 0 aliphatic carbocycles. The SMILES string of the molecule is CSc1ccc(C[N+](=O)[O-])c(O)c1. The molecule has 4 nitrogen and oxygen atoms in total. The molecule has 70 valence electrons. The van der Waals surface area contributed by atoms with E-state index in [0.29, 0.717) is 5.56 Å². The van der Waals surface area contributed by atoms with E-state index < -0.39 is 4.92 Å². The van der Waals surface area contributed by atoms with E-state index in [1.807, 2.05) is 6.26 Å². The van der Waals surface area contributed by atoms with Crippen LogP contribution in [0.25, 0.3) is 0 Å². The Balaban J connectivity index is 2.91. The van der Waals surface area contributed by atoms with Crippen LogP contribution >= 0.6 is 11.8 Å². The molecule has 0 amide bonds. The summed E-state index contributed by atoms with van der Waals surface area (Å²) < 4.78 is 0. The lowest BCUT2D eigenvalue weighted by Crippen LogP contribution is -1.98. The van der Waals surface area contributed by atoms with Gasteiger partial charge in [0.25, 0.3) is 0 Å². The van der Waals surface area contributed by atoms with Gasteiger partial charge in [-0.3, -0.25) is 10.1 Å². The highest BCUT2D eigenvalue weighted by Crippen LogP contribution is 2.24. The van der Waals surface area contributed by atoms with Gasteiger partial charge < -0.3 is 5.11 Å². The topological polar surface area (TPSA) is 63.4 Å². The molecule has 1 N–H and O–H groups in total. The zero-order valence-corrected chi connectivity index (χ0v) is 7.87. The van der Waals surface area contributed by atoms with E-state index in [4.69, 9.17) is 0 Å². The summed E-state index contributed by atoms with van der Waals surface area (Å²) in [5.74, 6) is -0.0106. The molecule has 0 saturated heterocycles. The molecule has 0 fully saturated rings. The van der Waals surface area contributed by atoms with Crippen LogP contribution in [-0.4, -0.2) is 16.3 Å². The average Bonchev–Trinajstić information content (AvgIpc) is 2.08. The highest BCUT2D eigenvalue weighted by atomic mass is 32.2. The second-order valence-corrected chi connectivity index (χ2v) is 3.37. The van der Waals surface area contributed by atoms with E-state index >= 15 is 0 Å². The van der Waals surface area contributed by atoms with Crippen molar-refractivity contribution >= 4 is 11.8 Å². The molecule has 0 bridgehead atoms. The first-order valence-corrected chi connectivity index (χ1v) is 4.83. The van der Waals surface area contributed by atoms with Gasteiger partial charge in [0.2, 0.25) is 6.54 Å². The molecule has 0 aliphatic heterocycles. The van der Waals surface area contributed by atoms with Crippen molar-refractivity contribution in [2.24, 2.45) is 0 Å². The summed E-state index contributed by atoms with van der Waals surface area (Å²) in [5, 5.41) is 19.5. The lowest BCUT2D eigenvalue weighted by Gasteiger charge is -2.01. The molecule has 1 rings (SSSR count). The fraction of sp³-hybridized carbons (Fsp3) is 0.250. The third kappa shape index (κ3) is 2.62. The van der Waals surface area contributed by atoms with Crippen molar-refractivity contribution < 1.29 is 10.0 Å². The lowest BCUT2D eigenvalue weighted by molar-refractivity contribution is -0.496. The van der Waals surface area contributed by atoms with E-state index in [9.17, 15) is 15.2 Å². The predicted molar refractivity (Wildman–Crippen MR) is 50.6 cm³/mol. The van der Waals surface area contributed by atoms with Crippen LogP contribution in [0.1, 0.15) is 5.56 Å². The maximum absolute atomic E-state index is 10.2. The van der Waals surface area contributed by atoms with Gasteiger partial charge in [0.15, 0.2) is 0 Å². The molecule has 1 aromatic rings. The number of nitro groups is 1. The number of nitrogens with zero attached hydrogens (tertiary/aromatic N) is 1. The number of hydrogen-bond donors (Lipinski definition) is 1. The van der Waals surface area contributed by atoms with Crippen molar-refractivity contribution in [3.63, 3.8) is 0 Å². The van der Waals surface area contributed by atoms with Gasteiger partial charge >= 0.3 is 0 Å². The van der Waals surface area contributed by atoms with Crippen LogP contribution in [0.15, 0.2) is 23.1 Å². The Labute approximate surface area is 79.7 Å². The number of aromatic hydroxyl groups is 1. The zero-order chi connectivity index (χ0) is 9.84. The molecule has 0 unspecified atom stereocenters. The molecule has 1 aromatic carbocycles. The summed E-state index contributed by atoms with van der Waals surface area (Å²) in [6, 6.07) is 4.86. The average molecular weight is 199 g/mol. The van der Waals surface area contributed by atoms with Crippen molar-refractivity contribution in [1.82, 2.24) is 0 Å². The van der Waals surface area contributed by atoms with Crippen molar-refractivity contribution in [3.8, 4) is 5.75 Å². The summed E-state index contributed by atoms with van der Waals surface area (Å²) in [7, 11) is 0. The quantitative estimate of drug-likeness (QED) is 0.458. The molecule has 13 heavy (non-hydrogen) atoms. The first-order valence-electron chi connectivity index (χ1n) is 3.61. The number of thioether (sulfide) groups is 1. The molecule has 5 heteroatoms. The number of phenols is 1. The maximum Gasteiger partial charge on any atom is 0.232 e. The molecule has 0 aromatic heterocycles. The number of phenolic OH excluding ortho intramolecular Hbond substituents is 1. The van der Waals surface area contributed by atoms with Gasteiger partial charge in [-0.25, -0.2) is 0 Å². The second kappa shape index (κ2) is 4.13. The number of benzene rings is 1. The smallest absolute Gasteiger partial charge is 0.232 e. The molecular weight excluding hydrogens is 190 g/mol. The van der Waals surface area contributed by atoms with Crippen LogP contribution < -0.4 is 0 Å². The first kappa shape index (κ1) is 9.85. The van der Waals surface area contributed by atoms with E-state index in [1.54, 1.807) is 12.1 Å². The van der Waals surface area contributed by atoms with Crippen LogP contribution in [0.4, 0.5) is 0 Å². The minimum absolute atomic E-state index is 0.0106. The molecule has 0 atom stereocenters. The highest BCUT2D eigenvalue weighted by Gasteiger charge is 2.07. The highest BCUT2D eigenvalue weighted by molar-refractivity contribution is 7.98. The van der Waals surface area contributed by atoms with Crippen molar-refractivity contribution in [2.45, 2.75) is 11.4 Å². The van der Waals surface area contributed by atoms with E-state index in [1.165, 1.54) is 17.8 Å². The molecule has 0 heterocycles. The monoisotopic (exact) mass is 199 g/mol. The molecule has 0 radical (unpaired) electrons. The summed E-state index contributed by atoms with van der Waals surface area (Å²) in [6.07, 6.45) is 1.88. The number of rotatable bonds is 3. The van der Waals surface area contributed by atoms with Gasteiger partial charge in [-0.1, -0.05) is 0 Å². The van der Waals surface area contributed by atoms with Gasteiger partial charge in [0.05, 0.1) is 5.56 Å². The minimum atomic E-state index is -0.464. The lowest BCUT2D eigenvalue weighted by atomic mass is 10.2. The Morgan fingerprint density at radius 3 is 2.77 bits per heavy atom. The third-order valence-electron chi connectivity index (χ3n) is 1.59. The van der Waals surface area contributed by atoms with Crippen LogP contribution in [-0.2, 0) is 6.54 Å². The van der Waals surface area contributed by atoms with Gasteiger partial charge in [-0.05, 0) is 24.5 Å². The van der Waals surface area contributed by atoms with Crippen LogP contribution in [0, 0.1) is 10.1 Å². The van der Waals surface area contributed by atoms with Crippen LogP contribution in [0.2, 0.25) is 0 Å². The Morgan fingerprint density at radius 2 is 2.31 bits per heavy atom. The summed E-state index contributed by atoms with van der Waals surface area (Å²) >= 11 is 1.48. The Hall–Kier alpha value is -1.23. The van der Waals surface area contributed by atoms with Crippen LogP contribution in [0.3, 0.4) is 0 Å². The largest absolute Gasteiger partial charge is 0.507 e. The fourth-order valence-corrected chi connectivity index (χ4v) is 1.38. The summed E-state index contributed by atoms with van der Waals surface area (Å²) in [4.78, 5) is 10.6. The zero-order valence-electron chi connectivity index (χ0n) is 7.06. The molecule has 0 saturated carbocycles. The Bertz CT molecular complexity index is 327. The van der Waals surface area contributed by atoms with Crippen molar-refractivity contribution in [1.29, 1.82) is 0 Å². The normalized spacial score (nSPS) is 9.92. The Kier molecular flexibility index (Phi) is 3.13. The standard InChI is InChI=1S/C8H9NO3S/c1-13-7-3-2-6(5-9(11)12)8(10)4-7/h2-4,10H,5H2,1H3. The van der Waals surface area contributed by atoms with Gasteiger partial charge in [0.1, 0.15) is 5.75 Å². The second-order valence-electron chi connectivity index (χ2n) is 2.49. The van der Waals surface area contributed by atoms with E-state index in [-0.39, 0.29) is 12.3 Å². The molecule has 0 spiro atoms. The summed E-state index contributed by atoms with van der Waals surface area (Å²) in [6.45, 7) is -0.333. The van der Waals surface area contributed by atoms with E-state index in [2.05, 4.69) is 0 Å². The Morgan fingerprint density at radius 1 is 1.62 bits per heavy atom. The fourth-order valence-electron chi connectivity index (χ4n) is 0.943. The molecule has 0 aliphatic rings. The maximum atomic E-state index is 10.2. The first-order chi connectivity index (χ1) is 6.13. The van der Waals surface area contributed by atoms with E-state index in [0.717, 1.165) is 4.90 Å². The van der Waals surface area contributed by atoms with Crippen molar-refractivity contribution in [2.75, 3.05) is 6.26 Å².